The molecule has 21 heavy (non-hydrogen) atoms. The van der Waals surface area contributed by atoms with Crippen molar-refractivity contribution in [2.24, 2.45) is 5.73 Å². The Labute approximate surface area is 130 Å². The molecule has 2 aromatic rings. The van der Waals surface area contributed by atoms with E-state index in [1.54, 1.807) is 29.2 Å². The molecule has 0 aliphatic rings. The normalized spacial score (nSPS) is 10.2. The van der Waals surface area contributed by atoms with Crippen molar-refractivity contribution >= 4 is 28.8 Å². The second-order valence-electron chi connectivity index (χ2n) is 4.83. The Hall–Kier alpha value is -2.20. The first-order valence-corrected chi connectivity index (χ1v) is 7.22. The van der Waals surface area contributed by atoms with Crippen molar-refractivity contribution in [1.29, 1.82) is 0 Å². The van der Waals surface area contributed by atoms with Gasteiger partial charge in [0.15, 0.2) is 0 Å². The Morgan fingerprint density at radius 3 is 2.29 bits per heavy atom. The number of benzene rings is 2. The fourth-order valence-corrected chi connectivity index (χ4v) is 2.31. The molecule has 0 aromatic heterocycles. The van der Waals surface area contributed by atoms with Crippen LogP contribution in [0.1, 0.15) is 28.4 Å². The van der Waals surface area contributed by atoms with Gasteiger partial charge in [0.2, 0.25) is 0 Å². The van der Waals surface area contributed by atoms with E-state index in [4.69, 9.17) is 18.0 Å². The van der Waals surface area contributed by atoms with E-state index in [2.05, 4.69) is 0 Å². The predicted octanol–water partition coefficient (Wildman–Crippen LogP) is 3.30. The summed E-state index contributed by atoms with van der Waals surface area (Å²) < 4.78 is 0. The van der Waals surface area contributed by atoms with Crippen molar-refractivity contribution in [1.82, 2.24) is 0 Å². The van der Waals surface area contributed by atoms with Crippen LogP contribution in [-0.2, 0) is 0 Å². The highest BCUT2D eigenvalue weighted by Gasteiger charge is 2.16. The summed E-state index contributed by atoms with van der Waals surface area (Å²) in [7, 11) is 0. The van der Waals surface area contributed by atoms with Gasteiger partial charge in [-0.25, -0.2) is 0 Å². The molecule has 4 heteroatoms. The van der Waals surface area contributed by atoms with Crippen LogP contribution in [0.2, 0.25) is 0 Å². The molecule has 3 nitrogen and oxygen atoms in total. The number of carbonyl (C=O) groups excluding carboxylic acids is 1. The van der Waals surface area contributed by atoms with Crippen LogP contribution >= 0.6 is 12.2 Å². The van der Waals surface area contributed by atoms with Crippen LogP contribution in [0.5, 0.6) is 0 Å². The molecule has 0 radical (unpaired) electrons. The minimum absolute atomic E-state index is 0.0300. The topological polar surface area (TPSA) is 46.3 Å². The second kappa shape index (κ2) is 6.50. The number of nitrogens with two attached hydrogens (primary N) is 1. The first kappa shape index (κ1) is 15.2. The molecule has 2 N–H and O–H groups in total. The fourth-order valence-electron chi connectivity index (χ4n) is 2.17. The van der Waals surface area contributed by atoms with E-state index < -0.39 is 0 Å². The molecule has 0 spiro atoms. The Balaban J connectivity index is 2.30. The van der Waals surface area contributed by atoms with Crippen LogP contribution in [-0.4, -0.2) is 17.4 Å². The van der Waals surface area contributed by atoms with E-state index in [0.29, 0.717) is 17.1 Å². The molecule has 0 saturated heterocycles. The van der Waals surface area contributed by atoms with E-state index in [0.717, 1.165) is 16.8 Å². The number of carbonyl (C=O) groups is 1. The van der Waals surface area contributed by atoms with Gasteiger partial charge in [0.05, 0.1) is 0 Å². The third-order valence-electron chi connectivity index (χ3n) is 3.29. The van der Waals surface area contributed by atoms with Gasteiger partial charge < -0.3 is 10.6 Å². The monoisotopic (exact) mass is 298 g/mol. The van der Waals surface area contributed by atoms with Crippen molar-refractivity contribution in [3.63, 3.8) is 0 Å². The summed E-state index contributed by atoms with van der Waals surface area (Å²) in [6, 6.07) is 15.0. The second-order valence-corrected chi connectivity index (χ2v) is 5.27. The van der Waals surface area contributed by atoms with Crippen LogP contribution in [0.4, 0.5) is 5.69 Å². The zero-order valence-corrected chi connectivity index (χ0v) is 13.0. The maximum Gasteiger partial charge on any atom is 0.258 e. The molecular formula is C17H18N2OS. The van der Waals surface area contributed by atoms with Gasteiger partial charge in [-0.05, 0) is 43.7 Å². The molecule has 0 fully saturated rings. The zero-order chi connectivity index (χ0) is 15.4. The largest absolute Gasteiger partial charge is 0.389 e. The lowest BCUT2D eigenvalue weighted by Crippen LogP contribution is -2.30. The molecule has 0 atom stereocenters. The number of anilines is 1. The first-order valence-electron chi connectivity index (χ1n) is 6.81. The van der Waals surface area contributed by atoms with Crippen molar-refractivity contribution in [3.05, 3.63) is 65.2 Å². The lowest BCUT2D eigenvalue weighted by Gasteiger charge is -2.21. The molecular weight excluding hydrogens is 280 g/mol. The zero-order valence-electron chi connectivity index (χ0n) is 12.2. The smallest absolute Gasteiger partial charge is 0.258 e. The molecule has 0 aliphatic carbocycles. The summed E-state index contributed by atoms with van der Waals surface area (Å²) in [6.45, 7) is 4.59. The number of aryl methyl sites for hydroxylation is 1. The number of rotatable bonds is 4. The molecule has 0 unspecified atom stereocenters. The predicted molar refractivity (Wildman–Crippen MR) is 90.9 cm³/mol. The first-order chi connectivity index (χ1) is 10.0. The number of hydrogen-bond donors (Lipinski definition) is 1. The summed E-state index contributed by atoms with van der Waals surface area (Å²) >= 11 is 4.92. The molecule has 2 rings (SSSR count). The number of amides is 1. The molecule has 0 saturated carbocycles. The van der Waals surface area contributed by atoms with Crippen molar-refractivity contribution in [2.45, 2.75) is 13.8 Å². The van der Waals surface area contributed by atoms with Crippen LogP contribution in [0, 0.1) is 6.92 Å². The van der Waals surface area contributed by atoms with Gasteiger partial charge >= 0.3 is 0 Å². The lowest BCUT2D eigenvalue weighted by molar-refractivity contribution is 0.0988. The summed E-state index contributed by atoms with van der Waals surface area (Å²) in [6.07, 6.45) is 0. The van der Waals surface area contributed by atoms with E-state index in [1.807, 2.05) is 38.1 Å². The Morgan fingerprint density at radius 2 is 1.76 bits per heavy atom. The third-order valence-corrected chi connectivity index (χ3v) is 3.53. The van der Waals surface area contributed by atoms with Crippen molar-refractivity contribution in [3.8, 4) is 0 Å². The van der Waals surface area contributed by atoms with E-state index in [1.165, 1.54) is 0 Å². The number of nitrogens with zero attached hydrogens (tertiary/aromatic N) is 1. The van der Waals surface area contributed by atoms with Gasteiger partial charge in [0.25, 0.3) is 5.91 Å². The summed E-state index contributed by atoms with van der Waals surface area (Å²) in [5.74, 6) is -0.0300. The summed E-state index contributed by atoms with van der Waals surface area (Å²) in [5.41, 5.74) is 8.99. The summed E-state index contributed by atoms with van der Waals surface area (Å²) in [5, 5.41) is 0. The third kappa shape index (κ3) is 3.47. The molecule has 1 amide bonds. The fraction of sp³-hybridized carbons (Fsp3) is 0.176. The van der Waals surface area contributed by atoms with Crippen molar-refractivity contribution < 1.29 is 4.79 Å². The minimum Gasteiger partial charge on any atom is -0.389 e. The lowest BCUT2D eigenvalue weighted by atomic mass is 10.1. The van der Waals surface area contributed by atoms with Crippen LogP contribution in [0.15, 0.2) is 48.5 Å². The Bertz CT molecular complexity index is 665. The van der Waals surface area contributed by atoms with Crippen LogP contribution in [0.25, 0.3) is 0 Å². The van der Waals surface area contributed by atoms with Crippen LogP contribution < -0.4 is 10.6 Å². The average molecular weight is 298 g/mol. The minimum atomic E-state index is -0.0300. The van der Waals surface area contributed by atoms with Gasteiger partial charge in [0.1, 0.15) is 4.99 Å². The molecule has 0 heterocycles. The molecule has 2 aromatic carbocycles. The van der Waals surface area contributed by atoms with Crippen molar-refractivity contribution in [2.75, 3.05) is 11.4 Å². The van der Waals surface area contributed by atoms with Gasteiger partial charge in [-0.3, -0.25) is 4.79 Å². The van der Waals surface area contributed by atoms with E-state index >= 15 is 0 Å². The van der Waals surface area contributed by atoms with E-state index in [-0.39, 0.29) is 5.91 Å². The highest BCUT2D eigenvalue weighted by molar-refractivity contribution is 7.80. The average Bonchev–Trinajstić information content (AvgIpc) is 2.48. The molecule has 108 valence electrons. The maximum atomic E-state index is 12.6. The highest BCUT2D eigenvalue weighted by Crippen LogP contribution is 2.18. The van der Waals surface area contributed by atoms with Gasteiger partial charge in [-0.15, -0.1) is 0 Å². The van der Waals surface area contributed by atoms with E-state index in [9.17, 15) is 4.79 Å². The highest BCUT2D eigenvalue weighted by atomic mass is 32.1. The molecule has 0 bridgehead atoms. The maximum absolute atomic E-state index is 12.6. The number of hydrogen-bond acceptors (Lipinski definition) is 2. The van der Waals surface area contributed by atoms with Gasteiger partial charge in [-0.1, -0.05) is 36.5 Å². The quantitative estimate of drug-likeness (QED) is 0.881. The standard InChI is InChI=1S/C17H18N2OS/c1-3-19(15-6-4-5-12(2)11-15)17(20)14-9-7-13(8-10-14)16(18)21/h4-11H,3H2,1-2H3,(H2,18,21). The van der Waals surface area contributed by atoms with Crippen LogP contribution in [0.3, 0.4) is 0 Å². The van der Waals surface area contributed by atoms with Gasteiger partial charge in [-0.2, -0.15) is 0 Å². The molecule has 0 aliphatic heterocycles. The Morgan fingerprint density at radius 1 is 1.14 bits per heavy atom. The summed E-state index contributed by atoms with van der Waals surface area (Å²) in [4.78, 5) is 14.7. The Kier molecular flexibility index (Phi) is 4.70. The van der Waals surface area contributed by atoms with Gasteiger partial charge in [0, 0.05) is 23.4 Å². The number of thiocarbonyl (C=S) groups is 1. The SMILES string of the molecule is CCN(C(=O)c1ccc(C(N)=S)cc1)c1cccc(C)c1.